The Kier molecular flexibility index (Phi) is 15.1. The third kappa shape index (κ3) is 12.2. The van der Waals surface area contributed by atoms with Gasteiger partial charge in [0, 0.05) is 0 Å². The van der Waals surface area contributed by atoms with Crippen molar-refractivity contribution in [1.82, 2.24) is 0 Å². The van der Waals surface area contributed by atoms with E-state index in [2.05, 4.69) is 19.2 Å². The average Bonchev–Trinajstić information content (AvgIpc) is 3.19. The Morgan fingerprint density at radius 1 is 0.967 bits per heavy atom. The lowest BCUT2D eigenvalue weighted by Crippen LogP contribution is -2.15. The van der Waals surface area contributed by atoms with Gasteiger partial charge in [0.2, 0.25) is 0 Å². The second-order valence-corrected chi connectivity index (χ2v) is 9.03. The lowest BCUT2D eigenvalue weighted by atomic mass is 9.92. The SMILES string of the molecule is CCCCCCCCCCC(CC)CCCCCOC(=O)Nc1sccc1C(=O)O. The summed E-state index contributed by atoms with van der Waals surface area (Å²) in [5.41, 5.74) is 0.0963. The molecule has 0 bridgehead atoms. The van der Waals surface area contributed by atoms with Crippen LogP contribution >= 0.6 is 11.3 Å². The van der Waals surface area contributed by atoms with Crippen molar-refractivity contribution in [2.45, 2.75) is 104 Å². The van der Waals surface area contributed by atoms with E-state index in [1.807, 2.05) is 0 Å². The molecular formula is C24H41NO4S. The largest absolute Gasteiger partial charge is 0.478 e. The average molecular weight is 440 g/mol. The normalized spacial score (nSPS) is 11.9. The van der Waals surface area contributed by atoms with Crippen molar-refractivity contribution in [3.8, 4) is 0 Å². The van der Waals surface area contributed by atoms with Gasteiger partial charge < -0.3 is 9.84 Å². The number of carbonyl (C=O) groups excluding carboxylic acids is 1. The van der Waals surface area contributed by atoms with Gasteiger partial charge in [0.05, 0.1) is 12.2 Å². The quantitative estimate of drug-likeness (QED) is 0.226. The van der Waals surface area contributed by atoms with Crippen molar-refractivity contribution < 1.29 is 19.4 Å². The molecule has 30 heavy (non-hydrogen) atoms. The summed E-state index contributed by atoms with van der Waals surface area (Å²) in [5, 5.41) is 13.5. The Morgan fingerprint density at radius 3 is 2.17 bits per heavy atom. The first-order valence-electron chi connectivity index (χ1n) is 11.8. The van der Waals surface area contributed by atoms with Gasteiger partial charge in [0.25, 0.3) is 0 Å². The Labute approximate surface area is 186 Å². The van der Waals surface area contributed by atoms with Crippen molar-refractivity contribution in [1.29, 1.82) is 0 Å². The van der Waals surface area contributed by atoms with Crippen molar-refractivity contribution in [2.75, 3.05) is 11.9 Å². The molecule has 1 heterocycles. The molecule has 0 saturated heterocycles. The number of ether oxygens (including phenoxy) is 1. The van der Waals surface area contributed by atoms with Gasteiger partial charge >= 0.3 is 12.1 Å². The molecule has 0 aromatic carbocycles. The van der Waals surface area contributed by atoms with E-state index in [0.29, 0.717) is 11.6 Å². The molecule has 0 aliphatic heterocycles. The third-order valence-corrected chi connectivity index (χ3v) is 6.47. The monoisotopic (exact) mass is 439 g/mol. The standard InChI is InChI=1S/C24H41NO4S/c1-3-5-6-7-8-9-10-12-15-20(4-2)16-13-11-14-18-29-24(28)25-22-21(23(26)27)17-19-30-22/h17,19-20H,3-16,18H2,1-2H3,(H,25,28)(H,26,27). The molecule has 1 aromatic rings. The van der Waals surface area contributed by atoms with Crippen LogP contribution in [0.25, 0.3) is 0 Å². The maximum atomic E-state index is 11.8. The lowest BCUT2D eigenvalue weighted by Gasteiger charge is -2.14. The summed E-state index contributed by atoms with van der Waals surface area (Å²) in [7, 11) is 0. The summed E-state index contributed by atoms with van der Waals surface area (Å²) in [6, 6.07) is 1.47. The second-order valence-electron chi connectivity index (χ2n) is 8.12. The number of hydrogen-bond donors (Lipinski definition) is 2. The van der Waals surface area contributed by atoms with Crippen LogP contribution in [-0.4, -0.2) is 23.8 Å². The van der Waals surface area contributed by atoms with Gasteiger partial charge in [-0.05, 0) is 23.8 Å². The molecular weight excluding hydrogens is 398 g/mol. The van der Waals surface area contributed by atoms with E-state index in [-0.39, 0.29) is 5.56 Å². The molecule has 0 saturated carbocycles. The van der Waals surface area contributed by atoms with Crippen LogP contribution < -0.4 is 5.32 Å². The molecule has 1 rings (SSSR count). The first-order valence-corrected chi connectivity index (χ1v) is 12.7. The van der Waals surface area contributed by atoms with Gasteiger partial charge in [-0.25, -0.2) is 9.59 Å². The van der Waals surface area contributed by atoms with Crippen molar-refractivity contribution in [2.24, 2.45) is 5.92 Å². The molecule has 0 spiro atoms. The number of aromatic carboxylic acids is 1. The molecule has 1 aromatic heterocycles. The fourth-order valence-corrected chi connectivity index (χ4v) is 4.46. The molecule has 2 N–H and O–H groups in total. The van der Waals surface area contributed by atoms with E-state index in [4.69, 9.17) is 9.84 Å². The van der Waals surface area contributed by atoms with Gasteiger partial charge in [0.1, 0.15) is 5.00 Å². The predicted molar refractivity (Wildman–Crippen MR) is 126 cm³/mol. The second kappa shape index (κ2) is 17.2. The zero-order chi connectivity index (χ0) is 22.0. The Bertz CT molecular complexity index is 588. The van der Waals surface area contributed by atoms with Crippen LogP contribution in [0.5, 0.6) is 0 Å². The minimum absolute atomic E-state index is 0.0963. The van der Waals surface area contributed by atoms with E-state index in [1.54, 1.807) is 5.38 Å². The fourth-order valence-electron chi connectivity index (χ4n) is 3.70. The highest BCUT2D eigenvalue weighted by molar-refractivity contribution is 7.14. The summed E-state index contributed by atoms with van der Waals surface area (Å²) < 4.78 is 5.17. The number of hydrogen-bond acceptors (Lipinski definition) is 4. The molecule has 0 aliphatic carbocycles. The molecule has 0 aliphatic rings. The summed E-state index contributed by atoms with van der Waals surface area (Å²) in [4.78, 5) is 22.8. The summed E-state index contributed by atoms with van der Waals surface area (Å²) in [5.74, 6) is -0.230. The first kappa shape index (κ1) is 26.5. The minimum atomic E-state index is -1.05. The van der Waals surface area contributed by atoms with Crippen molar-refractivity contribution in [3.63, 3.8) is 0 Å². The van der Waals surface area contributed by atoms with Crippen LogP contribution in [0.1, 0.15) is 114 Å². The van der Waals surface area contributed by atoms with Gasteiger partial charge in [-0.1, -0.05) is 97.3 Å². The number of carbonyl (C=O) groups is 2. The lowest BCUT2D eigenvalue weighted by molar-refractivity contribution is 0.0698. The zero-order valence-electron chi connectivity index (χ0n) is 18.9. The summed E-state index contributed by atoms with van der Waals surface area (Å²) in [6.07, 6.45) is 17.4. The van der Waals surface area contributed by atoms with Crippen LogP contribution in [-0.2, 0) is 4.74 Å². The van der Waals surface area contributed by atoms with Crippen LogP contribution in [0.4, 0.5) is 9.80 Å². The Balaban J connectivity index is 2.01. The Morgan fingerprint density at radius 2 is 1.57 bits per heavy atom. The molecule has 6 heteroatoms. The van der Waals surface area contributed by atoms with E-state index < -0.39 is 12.1 Å². The third-order valence-electron chi connectivity index (χ3n) is 5.64. The van der Waals surface area contributed by atoms with Gasteiger partial charge in [-0.15, -0.1) is 11.3 Å². The van der Waals surface area contributed by atoms with Gasteiger partial charge in [-0.2, -0.15) is 0 Å². The number of amides is 1. The number of rotatable bonds is 18. The van der Waals surface area contributed by atoms with Crippen molar-refractivity contribution >= 4 is 28.4 Å². The van der Waals surface area contributed by atoms with E-state index in [1.165, 1.54) is 94.5 Å². The van der Waals surface area contributed by atoms with Gasteiger partial charge in [-0.3, -0.25) is 5.32 Å². The highest BCUT2D eigenvalue weighted by Crippen LogP contribution is 2.23. The predicted octanol–water partition coefficient (Wildman–Crippen LogP) is 8.11. The maximum Gasteiger partial charge on any atom is 0.412 e. The maximum absolute atomic E-state index is 11.8. The molecule has 0 fully saturated rings. The smallest absolute Gasteiger partial charge is 0.412 e. The molecule has 1 amide bonds. The summed E-state index contributed by atoms with van der Waals surface area (Å²) in [6.45, 7) is 4.92. The summed E-state index contributed by atoms with van der Waals surface area (Å²) >= 11 is 1.18. The number of unbranched alkanes of at least 4 members (excludes halogenated alkanes) is 9. The molecule has 1 unspecified atom stereocenters. The van der Waals surface area contributed by atoms with Crippen LogP contribution in [0.3, 0.4) is 0 Å². The van der Waals surface area contributed by atoms with Crippen LogP contribution in [0.15, 0.2) is 11.4 Å². The van der Waals surface area contributed by atoms with E-state index in [0.717, 1.165) is 18.8 Å². The number of carboxylic acid groups (broad SMARTS) is 1. The van der Waals surface area contributed by atoms with Crippen molar-refractivity contribution in [3.05, 3.63) is 17.0 Å². The minimum Gasteiger partial charge on any atom is -0.478 e. The number of anilines is 1. The Hall–Kier alpha value is -1.56. The van der Waals surface area contributed by atoms with Crippen LogP contribution in [0.2, 0.25) is 0 Å². The molecule has 5 nitrogen and oxygen atoms in total. The highest BCUT2D eigenvalue weighted by Gasteiger charge is 2.14. The molecule has 1 atom stereocenters. The zero-order valence-corrected chi connectivity index (χ0v) is 19.7. The highest BCUT2D eigenvalue weighted by atomic mass is 32.1. The topological polar surface area (TPSA) is 75.6 Å². The number of carboxylic acids is 1. The molecule has 0 radical (unpaired) electrons. The first-order chi connectivity index (χ1) is 14.6. The van der Waals surface area contributed by atoms with Crippen LogP contribution in [0, 0.1) is 5.92 Å². The van der Waals surface area contributed by atoms with E-state index in [9.17, 15) is 9.59 Å². The molecule has 172 valence electrons. The number of nitrogens with one attached hydrogen (secondary N) is 1. The van der Waals surface area contributed by atoms with E-state index >= 15 is 0 Å². The number of thiophene rings is 1. The van der Waals surface area contributed by atoms with Gasteiger partial charge in [0.15, 0.2) is 0 Å². The fraction of sp³-hybridized carbons (Fsp3) is 0.750.